The van der Waals surface area contributed by atoms with Crippen LogP contribution in [-0.2, 0) is 36.7 Å². The van der Waals surface area contributed by atoms with Gasteiger partial charge in [-0.1, -0.05) is 112 Å². The van der Waals surface area contributed by atoms with Gasteiger partial charge >= 0.3 is 0 Å². The molecule has 0 spiro atoms. The van der Waals surface area contributed by atoms with Gasteiger partial charge in [0.2, 0.25) is 0 Å². The minimum atomic E-state index is -0.417. The van der Waals surface area contributed by atoms with Gasteiger partial charge in [-0.3, -0.25) is 9.78 Å². The fraction of sp³-hybridized carbons (Fsp3) is 0.429. The molecule has 0 bridgehead atoms. The van der Waals surface area contributed by atoms with Gasteiger partial charge in [0.25, 0.3) is 0 Å². The van der Waals surface area contributed by atoms with Crippen molar-refractivity contribution in [2.45, 2.75) is 102 Å². The van der Waals surface area contributed by atoms with Gasteiger partial charge in [0.05, 0.1) is 4.88 Å². The van der Waals surface area contributed by atoms with Crippen molar-refractivity contribution in [2.24, 2.45) is 16.2 Å². The molecular weight excluding hydrogens is 791 g/mol. The smallest absolute Gasteiger partial charge is 0.164 e. The average molecular weight is 843 g/mol. The zero-order chi connectivity index (χ0) is 35.1. The summed E-state index contributed by atoms with van der Waals surface area (Å²) in [6, 6.07) is 20.9. The van der Waals surface area contributed by atoms with Gasteiger partial charge in [-0.25, -0.2) is 0 Å². The Balaban J connectivity index is 0.000000382. The molecule has 0 unspecified atom stereocenters. The van der Waals surface area contributed by atoms with Crippen LogP contribution in [0.3, 0.4) is 0 Å². The molecule has 2 aromatic carbocycles. The number of nitrogens with zero attached hydrogens (tertiary/aromatic N) is 1. The topological polar surface area (TPSA) is 63.3 Å². The van der Waals surface area contributed by atoms with Crippen molar-refractivity contribution in [3.63, 3.8) is 0 Å². The molecule has 3 aromatic heterocycles. The summed E-state index contributed by atoms with van der Waals surface area (Å²) in [5.41, 5.74) is 4.06. The number of fused-ring (bicyclic) bond motifs is 2. The van der Waals surface area contributed by atoms with E-state index in [2.05, 4.69) is 103 Å². The summed E-state index contributed by atoms with van der Waals surface area (Å²) < 4.78 is 7.50. The Morgan fingerprint density at radius 2 is 1.54 bits per heavy atom. The number of hydrogen-bond donors (Lipinski definition) is 1. The number of carbonyl (C=O) groups excluding carboxylic acids is 1. The molecule has 4 nitrogen and oxygen atoms in total. The third-order valence-corrected chi connectivity index (χ3v) is 9.39. The van der Waals surface area contributed by atoms with Gasteiger partial charge in [0, 0.05) is 60.0 Å². The molecule has 48 heavy (non-hydrogen) atoms. The maximum Gasteiger partial charge on any atom is 0.164 e. The van der Waals surface area contributed by atoms with E-state index in [0.29, 0.717) is 0 Å². The number of hydrogen-bond acceptors (Lipinski definition) is 5. The van der Waals surface area contributed by atoms with E-state index in [1.807, 2.05) is 47.7 Å². The molecule has 0 aliphatic heterocycles. The second kappa shape index (κ2) is 14.4. The normalized spacial score (nSPS) is 12.9. The number of pyridine rings is 1. The van der Waals surface area contributed by atoms with E-state index in [-0.39, 0.29) is 47.9 Å². The van der Waals surface area contributed by atoms with Crippen molar-refractivity contribution < 1.29 is 34.4 Å². The van der Waals surface area contributed by atoms with E-state index in [9.17, 15) is 9.90 Å². The molecule has 6 heteroatoms. The SMILES string of the molecule is CC(C)(C)C(=O)/C=C(\O)C(C)(C)C.Cc1c(-c2ccc(CC(C)(C)C)o2)sc2c(-c3[c-]c4ccccc4c(C(C)(C)C)c3)nccc12.[Ir]. The predicted molar refractivity (Wildman–Crippen MR) is 200 cm³/mol. The van der Waals surface area contributed by atoms with E-state index >= 15 is 0 Å². The molecule has 0 saturated heterocycles. The molecule has 0 fully saturated rings. The predicted octanol–water partition coefficient (Wildman–Crippen LogP) is 12.5. The van der Waals surface area contributed by atoms with Gasteiger partial charge in [0.15, 0.2) is 5.78 Å². The molecule has 5 aromatic rings. The molecule has 259 valence electrons. The Kier molecular flexibility index (Phi) is 11.8. The molecule has 1 N–H and O–H groups in total. The fourth-order valence-electron chi connectivity index (χ4n) is 5.23. The molecule has 0 aliphatic rings. The Morgan fingerprint density at radius 1 is 0.896 bits per heavy atom. The monoisotopic (exact) mass is 843 g/mol. The maximum absolute atomic E-state index is 11.5. The number of benzene rings is 2. The summed E-state index contributed by atoms with van der Waals surface area (Å²) in [6.07, 6.45) is 4.18. The van der Waals surface area contributed by atoms with Gasteiger partial charge in [-0.2, -0.15) is 0 Å². The minimum Gasteiger partial charge on any atom is -0.512 e. The van der Waals surface area contributed by atoms with Crippen molar-refractivity contribution >= 4 is 38.0 Å². The number of furan rings is 1. The maximum atomic E-state index is 11.5. The van der Waals surface area contributed by atoms with Crippen molar-refractivity contribution in [1.82, 2.24) is 4.98 Å². The first kappa shape index (κ1) is 39.4. The van der Waals surface area contributed by atoms with E-state index in [0.717, 1.165) is 34.6 Å². The number of aromatic nitrogens is 1. The standard InChI is InChI=1S/C31H32NOS.C11H20O2.Ir/c1-19-23-14-15-32-27(21-16-20-10-8-9-11-24(20)25(17-21)31(5,6)7)29(23)34-28(19)26-13-12-22(33-26)18-30(2,3)4;1-10(2,3)8(12)7-9(13)11(4,5)6;/h8-15,17H,18H2,1-7H3;7,12H,1-6H3;/q-1;;/b;8-7-;. The van der Waals surface area contributed by atoms with Crippen molar-refractivity contribution in [2.75, 3.05) is 0 Å². The number of aryl methyl sites for hydroxylation is 1. The van der Waals surface area contributed by atoms with Crippen molar-refractivity contribution in [1.29, 1.82) is 0 Å². The van der Waals surface area contributed by atoms with E-state index in [4.69, 9.17) is 9.40 Å². The van der Waals surface area contributed by atoms with Gasteiger partial charge in [0.1, 0.15) is 17.3 Å². The third kappa shape index (κ3) is 9.34. The Bertz CT molecular complexity index is 1930. The second-order valence-corrected chi connectivity index (χ2v) is 17.9. The first-order chi connectivity index (χ1) is 21.6. The number of allylic oxidation sites excluding steroid dienone is 2. The number of aliphatic hydroxyl groups is 1. The summed E-state index contributed by atoms with van der Waals surface area (Å²) in [4.78, 5) is 17.5. The number of ketones is 1. The van der Waals surface area contributed by atoms with Gasteiger partial charge in [-0.15, -0.1) is 40.5 Å². The summed E-state index contributed by atoms with van der Waals surface area (Å²) >= 11 is 1.77. The average Bonchev–Trinajstić information content (AvgIpc) is 3.53. The first-order valence-corrected chi connectivity index (χ1v) is 17.3. The summed E-state index contributed by atoms with van der Waals surface area (Å²) in [6.45, 7) is 26.8. The van der Waals surface area contributed by atoms with E-state index < -0.39 is 5.41 Å². The Labute approximate surface area is 305 Å². The quantitative estimate of drug-likeness (QED) is 0.111. The number of aliphatic hydroxyl groups excluding tert-OH is 1. The summed E-state index contributed by atoms with van der Waals surface area (Å²) in [7, 11) is 0. The van der Waals surface area contributed by atoms with Crippen LogP contribution in [0.4, 0.5) is 0 Å². The fourth-order valence-corrected chi connectivity index (χ4v) is 6.50. The molecule has 5 rings (SSSR count). The van der Waals surface area contributed by atoms with Crippen LogP contribution in [0.1, 0.15) is 100.0 Å². The van der Waals surface area contributed by atoms with Crippen molar-refractivity contribution in [3.8, 4) is 21.9 Å². The molecule has 0 saturated carbocycles. The minimum absolute atomic E-state index is 0. The van der Waals surface area contributed by atoms with E-state index in [1.165, 1.54) is 37.6 Å². The first-order valence-electron chi connectivity index (χ1n) is 16.4. The zero-order valence-corrected chi connectivity index (χ0v) is 34.1. The van der Waals surface area contributed by atoms with Crippen LogP contribution in [0.2, 0.25) is 0 Å². The summed E-state index contributed by atoms with van der Waals surface area (Å²) in [5.74, 6) is 2.09. The number of thiophene rings is 1. The van der Waals surface area contributed by atoms with Crippen LogP contribution >= 0.6 is 11.3 Å². The van der Waals surface area contributed by atoms with Gasteiger partial charge < -0.3 is 9.52 Å². The Hall–Kier alpha value is -3.05. The molecule has 0 amide bonds. The van der Waals surface area contributed by atoms with Crippen LogP contribution in [-0.4, -0.2) is 15.9 Å². The van der Waals surface area contributed by atoms with Crippen molar-refractivity contribution in [3.05, 3.63) is 89.5 Å². The van der Waals surface area contributed by atoms with Crippen LogP contribution in [0.25, 0.3) is 42.8 Å². The molecule has 3 heterocycles. The molecule has 0 aliphatic carbocycles. The largest absolute Gasteiger partial charge is 0.512 e. The summed E-state index contributed by atoms with van der Waals surface area (Å²) in [5, 5.41) is 13.2. The second-order valence-electron chi connectivity index (χ2n) is 16.9. The van der Waals surface area contributed by atoms with E-state index in [1.54, 1.807) is 11.3 Å². The van der Waals surface area contributed by atoms with Crippen LogP contribution in [0.15, 0.2) is 71.0 Å². The number of carbonyl (C=O) groups is 1. The van der Waals surface area contributed by atoms with Crippen LogP contribution in [0, 0.1) is 29.2 Å². The van der Waals surface area contributed by atoms with Crippen LogP contribution in [0.5, 0.6) is 0 Å². The molecule has 0 atom stereocenters. The number of rotatable bonds is 4. The van der Waals surface area contributed by atoms with Gasteiger partial charge in [-0.05, 0) is 46.9 Å². The van der Waals surface area contributed by atoms with Crippen LogP contribution < -0.4 is 0 Å². The molecular formula is C42H52IrNO3S-. The zero-order valence-electron chi connectivity index (χ0n) is 30.9. The Morgan fingerprint density at radius 3 is 2.12 bits per heavy atom. The molecule has 1 radical (unpaired) electrons. The third-order valence-electron chi connectivity index (χ3n) is 8.06.